The first-order chi connectivity index (χ1) is 8.99. The van der Waals surface area contributed by atoms with Crippen molar-refractivity contribution in [3.8, 4) is 0 Å². The molecule has 0 atom stereocenters. The smallest absolute Gasteiger partial charge is 0.262 e. The summed E-state index contributed by atoms with van der Waals surface area (Å²) in [4.78, 5) is 16.2. The van der Waals surface area contributed by atoms with Gasteiger partial charge in [-0.25, -0.2) is 4.98 Å². The predicted octanol–water partition coefficient (Wildman–Crippen LogP) is 3.21. The van der Waals surface area contributed by atoms with Gasteiger partial charge in [0.2, 0.25) is 0 Å². The van der Waals surface area contributed by atoms with E-state index in [4.69, 9.17) is 11.6 Å². The van der Waals surface area contributed by atoms with Gasteiger partial charge in [-0.05, 0) is 12.8 Å². The van der Waals surface area contributed by atoms with Gasteiger partial charge < -0.3 is 0 Å². The van der Waals surface area contributed by atoms with Crippen LogP contribution in [0.2, 0.25) is 5.15 Å². The lowest BCUT2D eigenvalue weighted by Crippen LogP contribution is -2.13. The van der Waals surface area contributed by atoms with Gasteiger partial charge in [0.15, 0.2) is 5.13 Å². The first kappa shape index (κ1) is 14.0. The Kier molecular flexibility index (Phi) is 4.21. The number of nitrogens with one attached hydrogen (secondary N) is 1. The fraction of sp³-hybridized carbons (Fsp3) is 0.417. The van der Waals surface area contributed by atoms with E-state index in [0.717, 1.165) is 0 Å². The fourth-order valence-electron chi connectivity index (χ4n) is 1.72. The van der Waals surface area contributed by atoms with Crippen molar-refractivity contribution in [3.63, 3.8) is 0 Å². The Morgan fingerprint density at radius 1 is 1.58 bits per heavy atom. The fourth-order valence-corrected chi connectivity index (χ4v) is 2.58. The second-order valence-corrected chi connectivity index (χ2v) is 5.87. The van der Waals surface area contributed by atoms with Crippen LogP contribution in [0, 0.1) is 12.8 Å². The van der Waals surface area contributed by atoms with Gasteiger partial charge in [0.25, 0.3) is 5.91 Å². The summed E-state index contributed by atoms with van der Waals surface area (Å²) in [6.07, 6.45) is 1.64. The Bertz CT molecular complexity index is 577. The third-order valence-corrected chi connectivity index (χ3v) is 3.56. The molecule has 2 aromatic rings. The van der Waals surface area contributed by atoms with Gasteiger partial charge in [-0.3, -0.25) is 14.8 Å². The Hall–Kier alpha value is -1.40. The van der Waals surface area contributed by atoms with Crippen LogP contribution in [0.25, 0.3) is 0 Å². The van der Waals surface area contributed by atoms with Gasteiger partial charge in [-0.15, -0.1) is 11.3 Å². The Balaban J connectivity index is 2.24. The summed E-state index contributed by atoms with van der Waals surface area (Å²) in [6, 6.07) is 0. The molecule has 102 valence electrons. The molecule has 2 rings (SSSR count). The molecule has 19 heavy (non-hydrogen) atoms. The third kappa shape index (κ3) is 3.13. The summed E-state index contributed by atoms with van der Waals surface area (Å²) >= 11 is 7.59. The lowest BCUT2D eigenvalue weighted by Gasteiger charge is -2.06. The number of carbonyl (C=O) groups is 1. The van der Waals surface area contributed by atoms with E-state index in [1.807, 2.05) is 0 Å². The topological polar surface area (TPSA) is 59.8 Å². The molecular formula is C12H15ClN4OS. The van der Waals surface area contributed by atoms with Crippen LogP contribution in [0.3, 0.4) is 0 Å². The molecule has 0 fully saturated rings. The van der Waals surface area contributed by atoms with Gasteiger partial charge in [0.1, 0.15) is 5.15 Å². The number of carbonyl (C=O) groups excluding carboxylic acids is 1. The maximum atomic E-state index is 12.2. The van der Waals surface area contributed by atoms with Crippen LogP contribution in [-0.4, -0.2) is 20.7 Å². The molecule has 2 heterocycles. The van der Waals surface area contributed by atoms with Crippen molar-refractivity contribution < 1.29 is 4.79 Å². The molecule has 0 spiro atoms. The first-order valence-corrected chi connectivity index (χ1v) is 7.18. The summed E-state index contributed by atoms with van der Waals surface area (Å²) in [5.41, 5.74) is 1.04. The highest BCUT2D eigenvalue weighted by Crippen LogP contribution is 2.22. The van der Waals surface area contributed by atoms with E-state index in [0.29, 0.717) is 34.0 Å². The highest BCUT2D eigenvalue weighted by atomic mass is 35.5. The standard InChI is InChI=1S/C12H15ClN4OS/c1-7(2)6-17-10(13)9(8(3)16-17)11(18)15-12-14-4-5-19-12/h4-5,7H,6H2,1-3H3,(H,14,15,18). The molecule has 0 aliphatic carbocycles. The number of hydrogen-bond donors (Lipinski definition) is 1. The Morgan fingerprint density at radius 2 is 2.32 bits per heavy atom. The van der Waals surface area contributed by atoms with Crippen molar-refractivity contribution in [2.45, 2.75) is 27.3 Å². The molecular weight excluding hydrogens is 284 g/mol. The predicted molar refractivity (Wildman–Crippen MR) is 76.9 cm³/mol. The maximum Gasteiger partial charge on any atom is 0.262 e. The highest BCUT2D eigenvalue weighted by molar-refractivity contribution is 7.13. The molecule has 0 bridgehead atoms. The van der Waals surface area contributed by atoms with Gasteiger partial charge in [-0.1, -0.05) is 25.4 Å². The minimum Gasteiger partial charge on any atom is -0.298 e. The monoisotopic (exact) mass is 298 g/mol. The van der Waals surface area contributed by atoms with E-state index in [1.165, 1.54) is 11.3 Å². The van der Waals surface area contributed by atoms with Crippen LogP contribution in [0.5, 0.6) is 0 Å². The van der Waals surface area contributed by atoms with Crippen LogP contribution in [-0.2, 0) is 6.54 Å². The Labute approximate surface area is 120 Å². The van der Waals surface area contributed by atoms with E-state index < -0.39 is 0 Å². The summed E-state index contributed by atoms with van der Waals surface area (Å²) in [5.74, 6) is 0.138. The van der Waals surface area contributed by atoms with Gasteiger partial charge >= 0.3 is 0 Å². The molecule has 7 heteroatoms. The summed E-state index contributed by atoms with van der Waals surface area (Å²) in [7, 11) is 0. The van der Waals surface area contributed by atoms with E-state index in [1.54, 1.807) is 23.2 Å². The summed E-state index contributed by atoms with van der Waals surface area (Å²) in [5, 5.41) is 9.75. The van der Waals surface area contributed by atoms with Gasteiger partial charge in [0, 0.05) is 18.1 Å². The van der Waals surface area contributed by atoms with Crippen LogP contribution in [0.1, 0.15) is 29.9 Å². The molecule has 0 aliphatic heterocycles. The third-order valence-electron chi connectivity index (χ3n) is 2.48. The number of thiazole rings is 1. The van der Waals surface area contributed by atoms with Gasteiger partial charge in [0.05, 0.1) is 11.3 Å². The zero-order valence-electron chi connectivity index (χ0n) is 11.0. The minimum absolute atomic E-state index is 0.271. The number of nitrogens with zero attached hydrogens (tertiary/aromatic N) is 3. The zero-order chi connectivity index (χ0) is 14.0. The number of amides is 1. The lowest BCUT2D eigenvalue weighted by molar-refractivity contribution is 0.102. The number of anilines is 1. The first-order valence-electron chi connectivity index (χ1n) is 5.92. The summed E-state index contributed by atoms with van der Waals surface area (Å²) < 4.78 is 1.66. The normalized spacial score (nSPS) is 11.0. The van der Waals surface area contributed by atoms with Crippen molar-refractivity contribution in [3.05, 3.63) is 28.0 Å². The van der Waals surface area contributed by atoms with Crippen LogP contribution in [0.15, 0.2) is 11.6 Å². The molecule has 0 aromatic carbocycles. The highest BCUT2D eigenvalue weighted by Gasteiger charge is 2.21. The molecule has 0 radical (unpaired) electrons. The number of halogens is 1. The SMILES string of the molecule is Cc1nn(CC(C)C)c(Cl)c1C(=O)Nc1nccs1. The average molecular weight is 299 g/mol. The number of hydrogen-bond acceptors (Lipinski definition) is 4. The largest absolute Gasteiger partial charge is 0.298 e. The minimum atomic E-state index is -0.271. The number of aryl methyl sites for hydroxylation is 1. The van der Waals surface area contributed by atoms with Crippen LogP contribution < -0.4 is 5.32 Å². The van der Waals surface area contributed by atoms with Crippen LogP contribution >= 0.6 is 22.9 Å². The average Bonchev–Trinajstić information content (AvgIpc) is 2.88. The van der Waals surface area contributed by atoms with E-state index in [2.05, 4.69) is 29.2 Å². The van der Waals surface area contributed by atoms with E-state index >= 15 is 0 Å². The lowest BCUT2D eigenvalue weighted by atomic mass is 10.2. The summed E-state index contributed by atoms with van der Waals surface area (Å²) in [6.45, 7) is 6.61. The second kappa shape index (κ2) is 5.71. The molecule has 0 saturated heterocycles. The van der Waals surface area contributed by atoms with Crippen LogP contribution in [0.4, 0.5) is 5.13 Å². The quantitative estimate of drug-likeness (QED) is 0.943. The molecule has 0 unspecified atom stereocenters. The molecule has 0 aliphatic rings. The Morgan fingerprint density at radius 3 is 2.89 bits per heavy atom. The molecule has 1 amide bonds. The number of rotatable bonds is 4. The van der Waals surface area contributed by atoms with Crippen molar-refractivity contribution in [1.82, 2.24) is 14.8 Å². The molecule has 5 nitrogen and oxygen atoms in total. The van der Waals surface area contributed by atoms with Crippen molar-refractivity contribution in [2.24, 2.45) is 5.92 Å². The van der Waals surface area contributed by atoms with Crippen molar-refractivity contribution >= 4 is 34.0 Å². The van der Waals surface area contributed by atoms with Crippen molar-refractivity contribution in [2.75, 3.05) is 5.32 Å². The second-order valence-electron chi connectivity index (χ2n) is 4.62. The zero-order valence-corrected chi connectivity index (χ0v) is 12.5. The van der Waals surface area contributed by atoms with Gasteiger partial charge in [-0.2, -0.15) is 5.10 Å². The molecule has 2 aromatic heterocycles. The van der Waals surface area contributed by atoms with E-state index in [-0.39, 0.29) is 5.91 Å². The maximum absolute atomic E-state index is 12.2. The molecule has 0 saturated carbocycles. The van der Waals surface area contributed by atoms with Crippen molar-refractivity contribution in [1.29, 1.82) is 0 Å². The molecule has 1 N–H and O–H groups in total. The number of aromatic nitrogens is 3. The van der Waals surface area contributed by atoms with E-state index in [9.17, 15) is 4.79 Å².